The lowest BCUT2D eigenvalue weighted by Crippen LogP contribution is -2.56. The first-order valence-corrected chi connectivity index (χ1v) is 11.4. The van der Waals surface area contributed by atoms with Crippen molar-refractivity contribution in [3.05, 3.63) is 66.2 Å². The van der Waals surface area contributed by atoms with Crippen LogP contribution in [0.15, 0.2) is 60.7 Å². The summed E-state index contributed by atoms with van der Waals surface area (Å²) in [6, 6.07) is 18.8. The van der Waals surface area contributed by atoms with Gasteiger partial charge in [-0.3, -0.25) is 4.79 Å². The lowest BCUT2D eigenvalue weighted by atomic mass is 10.0. The maximum absolute atomic E-state index is 12.8. The number of ether oxygens (including phenoxy) is 2. The van der Waals surface area contributed by atoms with Gasteiger partial charge in [0.25, 0.3) is 0 Å². The van der Waals surface area contributed by atoms with Crippen molar-refractivity contribution in [2.45, 2.75) is 16.4 Å². The average Bonchev–Trinajstić information content (AvgIpc) is 2.78. The van der Waals surface area contributed by atoms with E-state index in [1.54, 1.807) is 25.3 Å². The van der Waals surface area contributed by atoms with Crippen LogP contribution < -0.4 is 25.4 Å². The summed E-state index contributed by atoms with van der Waals surface area (Å²) in [6.07, 6.45) is -0.994. The van der Waals surface area contributed by atoms with Gasteiger partial charge in [0.15, 0.2) is 5.11 Å². The van der Waals surface area contributed by atoms with Crippen LogP contribution >= 0.6 is 47.0 Å². The van der Waals surface area contributed by atoms with Crippen LogP contribution in [0.4, 0.5) is 5.69 Å². The van der Waals surface area contributed by atoms with E-state index in [0.717, 1.165) is 16.3 Å². The molecule has 1 amide bonds. The van der Waals surface area contributed by atoms with Gasteiger partial charge in [-0.1, -0.05) is 77.3 Å². The number of alkyl halides is 3. The number of benzene rings is 3. The number of methoxy groups -OCH3 is 2. The molecule has 3 rings (SSSR count). The van der Waals surface area contributed by atoms with Gasteiger partial charge in [0.1, 0.15) is 17.7 Å². The van der Waals surface area contributed by atoms with Gasteiger partial charge >= 0.3 is 0 Å². The number of rotatable bonds is 7. The summed E-state index contributed by atoms with van der Waals surface area (Å²) in [7, 11) is 3.08. The summed E-state index contributed by atoms with van der Waals surface area (Å²) in [6.45, 7) is 0. The summed E-state index contributed by atoms with van der Waals surface area (Å²) >= 11 is 23.7. The van der Waals surface area contributed by atoms with E-state index in [1.807, 2.05) is 42.5 Å². The third-order valence-electron chi connectivity index (χ3n) is 4.79. The van der Waals surface area contributed by atoms with E-state index >= 15 is 0 Å². The molecule has 3 N–H and O–H groups in total. The first-order valence-electron chi connectivity index (χ1n) is 9.83. The smallest absolute Gasteiger partial charge is 0.228 e. The van der Waals surface area contributed by atoms with Crippen molar-refractivity contribution >= 4 is 74.5 Å². The van der Waals surface area contributed by atoms with Crippen molar-refractivity contribution in [3.63, 3.8) is 0 Å². The molecular weight excluding hydrogens is 505 g/mol. The molecule has 0 spiro atoms. The van der Waals surface area contributed by atoms with E-state index < -0.39 is 9.96 Å². The molecular formula is C23H22Cl3N3O3S. The number of hydrogen-bond acceptors (Lipinski definition) is 4. The molecule has 174 valence electrons. The van der Waals surface area contributed by atoms with Crippen molar-refractivity contribution in [3.8, 4) is 11.5 Å². The average molecular weight is 527 g/mol. The Bertz CT molecular complexity index is 1150. The highest BCUT2D eigenvalue weighted by atomic mass is 35.6. The lowest BCUT2D eigenvalue weighted by Gasteiger charge is -2.28. The van der Waals surface area contributed by atoms with Gasteiger partial charge < -0.3 is 25.4 Å². The third-order valence-corrected chi connectivity index (χ3v) is 5.67. The third kappa shape index (κ3) is 6.77. The number of anilines is 1. The maximum Gasteiger partial charge on any atom is 0.228 e. The predicted octanol–water partition coefficient (Wildman–Crippen LogP) is 5.20. The zero-order valence-corrected chi connectivity index (χ0v) is 20.9. The standard InChI is InChI=1S/C23H22Cl3N3O3S/c1-31-16-10-11-19(32-2)18(13-16)27-22(33)29-21(23(24,25)26)28-20(30)12-15-8-5-7-14-6-3-4-9-17(14)15/h3-11,13,21H,12H2,1-2H3,(H,28,30)(H2,27,29,33). The van der Waals surface area contributed by atoms with E-state index in [2.05, 4.69) is 16.0 Å². The van der Waals surface area contributed by atoms with Crippen LogP contribution in [0.3, 0.4) is 0 Å². The number of carbonyl (C=O) groups excluding carboxylic acids is 1. The van der Waals surface area contributed by atoms with Crippen LogP contribution in [0.1, 0.15) is 5.56 Å². The molecule has 3 aromatic carbocycles. The van der Waals surface area contributed by atoms with Gasteiger partial charge in [0, 0.05) is 6.07 Å². The molecule has 0 fully saturated rings. The topological polar surface area (TPSA) is 71.6 Å². The Hall–Kier alpha value is -2.45. The fraction of sp³-hybridized carbons (Fsp3) is 0.217. The van der Waals surface area contributed by atoms with Crippen LogP contribution in [0.5, 0.6) is 11.5 Å². The van der Waals surface area contributed by atoms with E-state index in [9.17, 15) is 4.79 Å². The molecule has 6 nitrogen and oxygen atoms in total. The molecule has 0 radical (unpaired) electrons. The van der Waals surface area contributed by atoms with E-state index in [1.165, 1.54) is 7.11 Å². The van der Waals surface area contributed by atoms with Gasteiger partial charge in [-0.15, -0.1) is 0 Å². The fourth-order valence-electron chi connectivity index (χ4n) is 3.23. The van der Waals surface area contributed by atoms with Crippen molar-refractivity contribution < 1.29 is 14.3 Å². The summed E-state index contributed by atoms with van der Waals surface area (Å²) in [5, 5.41) is 10.7. The minimum absolute atomic E-state index is 0.101. The van der Waals surface area contributed by atoms with Crippen LogP contribution in [0.2, 0.25) is 0 Å². The molecule has 0 aliphatic carbocycles. The van der Waals surface area contributed by atoms with Crippen molar-refractivity contribution in [1.29, 1.82) is 0 Å². The molecule has 1 unspecified atom stereocenters. The first-order chi connectivity index (χ1) is 15.7. The molecule has 0 bridgehead atoms. The quantitative estimate of drug-likeness (QED) is 0.223. The molecule has 0 aliphatic heterocycles. The molecule has 3 aromatic rings. The number of carbonyl (C=O) groups is 1. The Morgan fingerprint density at radius 1 is 1.00 bits per heavy atom. The molecule has 10 heteroatoms. The monoisotopic (exact) mass is 525 g/mol. The van der Waals surface area contributed by atoms with Crippen LogP contribution in [-0.2, 0) is 11.2 Å². The Balaban J connectivity index is 1.71. The second-order valence-corrected chi connectivity index (χ2v) is 9.80. The Morgan fingerprint density at radius 2 is 1.73 bits per heavy atom. The highest BCUT2D eigenvalue weighted by molar-refractivity contribution is 7.80. The van der Waals surface area contributed by atoms with Crippen molar-refractivity contribution in [2.75, 3.05) is 19.5 Å². The number of halogens is 3. The van der Waals surface area contributed by atoms with Crippen molar-refractivity contribution in [1.82, 2.24) is 10.6 Å². The minimum atomic E-state index is -1.88. The SMILES string of the molecule is COc1ccc(OC)c(NC(=S)NC(NC(=O)Cc2cccc3ccccc23)C(Cl)(Cl)Cl)c1. The number of nitrogens with one attached hydrogen (secondary N) is 3. The second kappa shape index (κ2) is 11.1. The van der Waals surface area contributed by atoms with Crippen LogP contribution in [-0.4, -0.2) is 35.2 Å². The predicted molar refractivity (Wildman–Crippen MR) is 139 cm³/mol. The number of thiocarbonyl (C=S) groups is 1. The molecule has 1 atom stereocenters. The fourth-order valence-corrected chi connectivity index (χ4v) is 3.79. The number of fused-ring (bicyclic) bond motifs is 1. The molecule has 0 aromatic heterocycles. The van der Waals surface area contributed by atoms with Crippen LogP contribution in [0.25, 0.3) is 10.8 Å². The zero-order valence-electron chi connectivity index (χ0n) is 17.8. The normalized spacial score (nSPS) is 12.0. The number of hydrogen-bond donors (Lipinski definition) is 3. The molecule has 33 heavy (non-hydrogen) atoms. The largest absolute Gasteiger partial charge is 0.497 e. The maximum atomic E-state index is 12.8. The Labute approximate surface area is 212 Å². The summed E-state index contributed by atoms with van der Waals surface area (Å²) in [5.41, 5.74) is 1.40. The van der Waals surface area contributed by atoms with Crippen LogP contribution in [0, 0.1) is 0 Å². The number of amides is 1. The van der Waals surface area contributed by atoms with E-state index in [0.29, 0.717) is 17.2 Å². The van der Waals surface area contributed by atoms with Gasteiger partial charge in [-0.05, 0) is 40.7 Å². The lowest BCUT2D eigenvalue weighted by molar-refractivity contribution is -0.121. The molecule has 0 aliphatic rings. The van der Waals surface area contributed by atoms with Gasteiger partial charge in [-0.2, -0.15) is 0 Å². The van der Waals surface area contributed by atoms with E-state index in [4.69, 9.17) is 56.5 Å². The molecule has 0 saturated carbocycles. The minimum Gasteiger partial charge on any atom is -0.497 e. The summed E-state index contributed by atoms with van der Waals surface area (Å²) in [5.74, 6) is 0.796. The Kier molecular flexibility index (Phi) is 8.48. The molecule has 0 heterocycles. The summed E-state index contributed by atoms with van der Waals surface area (Å²) < 4.78 is 8.69. The van der Waals surface area contributed by atoms with Gasteiger partial charge in [0.05, 0.1) is 26.3 Å². The first kappa shape index (κ1) is 25.2. The summed E-state index contributed by atoms with van der Waals surface area (Å²) in [4.78, 5) is 12.8. The molecule has 0 saturated heterocycles. The Morgan fingerprint density at radius 3 is 2.42 bits per heavy atom. The van der Waals surface area contributed by atoms with Gasteiger partial charge in [-0.25, -0.2) is 0 Å². The second-order valence-electron chi connectivity index (χ2n) is 7.02. The van der Waals surface area contributed by atoms with E-state index in [-0.39, 0.29) is 17.4 Å². The van der Waals surface area contributed by atoms with Crippen molar-refractivity contribution in [2.24, 2.45) is 0 Å². The van der Waals surface area contributed by atoms with Gasteiger partial charge in [0.2, 0.25) is 9.70 Å². The zero-order chi connectivity index (χ0) is 24.0. The highest BCUT2D eigenvalue weighted by Gasteiger charge is 2.34. The highest BCUT2D eigenvalue weighted by Crippen LogP contribution is 2.31.